The average molecular weight is 239 g/mol. The monoisotopic (exact) mass is 239 g/mol. The minimum atomic E-state index is 0.0520. The largest absolute Gasteiger partial charge is 0.361 e. The first-order valence-electron chi connectivity index (χ1n) is 6.00. The van der Waals surface area contributed by atoms with Crippen LogP contribution in [-0.2, 0) is 11.3 Å². The first-order chi connectivity index (χ1) is 8.08. The lowest BCUT2D eigenvalue weighted by Gasteiger charge is -2.07. The van der Waals surface area contributed by atoms with Crippen molar-refractivity contribution in [3.05, 3.63) is 17.5 Å². The predicted molar refractivity (Wildman–Crippen MR) is 65.5 cm³/mol. The lowest BCUT2D eigenvalue weighted by atomic mass is 10.2. The Morgan fingerprint density at radius 3 is 2.88 bits per heavy atom. The minimum Gasteiger partial charge on any atom is -0.361 e. The zero-order chi connectivity index (χ0) is 12.7. The van der Waals surface area contributed by atoms with E-state index in [9.17, 15) is 4.79 Å². The maximum Gasteiger partial charge on any atom is 0.220 e. The molecule has 0 bridgehead atoms. The van der Waals surface area contributed by atoms with Crippen LogP contribution in [0, 0.1) is 6.92 Å². The first-order valence-corrected chi connectivity index (χ1v) is 6.00. The molecule has 0 fully saturated rings. The molecular weight excluding hydrogens is 218 g/mol. The molecule has 0 unspecified atom stereocenters. The maximum atomic E-state index is 11.5. The van der Waals surface area contributed by atoms with Crippen molar-refractivity contribution in [2.75, 3.05) is 6.54 Å². The third kappa shape index (κ3) is 6.06. The second kappa shape index (κ2) is 7.06. The molecule has 5 heteroatoms. The molecule has 96 valence electrons. The second-order valence-electron chi connectivity index (χ2n) is 4.42. The van der Waals surface area contributed by atoms with Gasteiger partial charge in [0, 0.05) is 18.5 Å². The smallest absolute Gasteiger partial charge is 0.220 e. The van der Waals surface area contributed by atoms with E-state index in [0.29, 0.717) is 19.0 Å². The van der Waals surface area contributed by atoms with E-state index < -0.39 is 0 Å². The Morgan fingerprint density at radius 2 is 2.29 bits per heavy atom. The number of amides is 1. The van der Waals surface area contributed by atoms with Gasteiger partial charge in [0.25, 0.3) is 0 Å². The fraction of sp³-hybridized carbons (Fsp3) is 0.667. The fourth-order valence-electron chi connectivity index (χ4n) is 1.42. The van der Waals surface area contributed by atoms with Crippen molar-refractivity contribution in [1.82, 2.24) is 15.8 Å². The van der Waals surface area contributed by atoms with Crippen molar-refractivity contribution >= 4 is 5.91 Å². The molecule has 1 rings (SSSR count). The Kier molecular flexibility index (Phi) is 5.69. The van der Waals surface area contributed by atoms with Gasteiger partial charge in [0.2, 0.25) is 5.91 Å². The van der Waals surface area contributed by atoms with Gasteiger partial charge in [0.05, 0.1) is 6.54 Å². The van der Waals surface area contributed by atoms with Gasteiger partial charge in [-0.1, -0.05) is 19.0 Å². The van der Waals surface area contributed by atoms with Gasteiger partial charge in [-0.3, -0.25) is 4.79 Å². The molecule has 5 nitrogen and oxygen atoms in total. The topological polar surface area (TPSA) is 67.2 Å². The Morgan fingerprint density at radius 1 is 1.53 bits per heavy atom. The van der Waals surface area contributed by atoms with Crippen molar-refractivity contribution in [2.45, 2.75) is 46.2 Å². The van der Waals surface area contributed by atoms with E-state index in [-0.39, 0.29) is 5.91 Å². The van der Waals surface area contributed by atoms with Crippen molar-refractivity contribution in [3.8, 4) is 0 Å². The molecule has 0 aliphatic rings. The Hall–Kier alpha value is -1.36. The summed E-state index contributed by atoms with van der Waals surface area (Å²) in [5.74, 6) is 0.812. The summed E-state index contributed by atoms with van der Waals surface area (Å²) >= 11 is 0. The molecule has 17 heavy (non-hydrogen) atoms. The highest BCUT2D eigenvalue weighted by Crippen LogP contribution is 2.00. The molecule has 0 atom stereocenters. The van der Waals surface area contributed by atoms with E-state index in [0.717, 1.165) is 24.4 Å². The van der Waals surface area contributed by atoms with Crippen LogP contribution < -0.4 is 10.6 Å². The highest BCUT2D eigenvalue weighted by atomic mass is 16.5. The van der Waals surface area contributed by atoms with Crippen LogP contribution in [0.4, 0.5) is 0 Å². The van der Waals surface area contributed by atoms with Crippen LogP contribution in [0.15, 0.2) is 10.6 Å². The van der Waals surface area contributed by atoms with Gasteiger partial charge < -0.3 is 15.2 Å². The van der Waals surface area contributed by atoms with E-state index in [1.165, 1.54) is 0 Å². The van der Waals surface area contributed by atoms with E-state index >= 15 is 0 Å². The third-order valence-electron chi connectivity index (χ3n) is 2.28. The lowest BCUT2D eigenvalue weighted by Crippen LogP contribution is -2.27. The molecular formula is C12H21N3O2. The highest BCUT2D eigenvalue weighted by Gasteiger charge is 2.04. The summed E-state index contributed by atoms with van der Waals surface area (Å²) in [7, 11) is 0. The third-order valence-corrected chi connectivity index (χ3v) is 2.28. The molecule has 0 saturated carbocycles. The summed E-state index contributed by atoms with van der Waals surface area (Å²) in [6.45, 7) is 7.32. The summed E-state index contributed by atoms with van der Waals surface area (Å²) in [5.41, 5.74) is 0.760. The molecule has 1 aromatic heterocycles. The molecule has 0 aliphatic carbocycles. The number of nitrogens with zero attached hydrogens (tertiary/aromatic N) is 1. The maximum absolute atomic E-state index is 11.5. The highest BCUT2D eigenvalue weighted by molar-refractivity contribution is 5.75. The quantitative estimate of drug-likeness (QED) is 0.705. The van der Waals surface area contributed by atoms with Gasteiger partial charge in [-0.2, -0.15) is 0 Å². The molecule has 2 N–H and O–H groups in total. The number of hydrogen-bond donors (Lipinski definition) is 2. The molecule has 0 radical (unpaired) electrons. The van der Waals surface area contributed by atoms with E-state index in [2.05, 4.69) is 29.6 Å². The number of carbonyl (C=O) groups is 1. The van der Waals surface area contributed by atoms with Crippen LogP contribution in [0.3, 0.4) is 0 Å². The van der Waals surface area contributed by atoms with Crippen molar-refractivity contribution < 1.29 is 9.32 Å². The van der Waals surface area contributed by atoms with E-state index in [1.54, 1.807) is 0 Å². The van der Waals surface area contributed by atoms with Crippen LogP contribution in [-0.4, -0.2) is 23.7 Å². The van der Waals surface area contributed by atoms with Crippen LogP contribution in [0.1, 0.15) is 38.1 Å². The van der Waals surface area contributed by atoms with E-state index in [4.69, 9.17) is 4.52 Å². The van der Waals surface area contributed by atoms with Gasteiger partial charge in [0.1, 0.15) is 11.5 Å². The summed E-state index contributed by atoms with van der Waals surface area (Å²) in [6, 6.07) is 2.29. The molecule has 1 aromatic rings. The van der Waals surface area contributed by atoms with Crippen molar-refractivity contribution in [1.29, 1.82) is 0 Å². The van der Waals surface area contributed by atoms with Crippen LogP contribution >= 0.6 is 0 Å². The molecule has 0 saturated heterocycles. The van der Waals surface area contributed by atoms with Gasteiger partial charge in [0.15, 0.2) is 0 Å². The summed E-state index contributed by atoms with van der Waals surface area (Å²) in [5, 5.41) is 9.89. The predicted octanol–water partition coefficient (Wildman–Crippen LogP) is 1.38. The first kappa shape index (κ1) is 13.7. The zero-order valence-electron chi connectivity index (χ0n) is 10.7. The van der Waals surface area contributed by atoms with E-state index in [1.807, 2.05) is 13.0 Å². The number of nitrogens with one attached hydrogen (secondary N) is 2. The molecule has 1 heterocycles. The second-order valence-corrected chi connectivity index (χ2v) is 4.42. The van der Waals surface area contributed by atoms with Gasteiger partial charge in [-0.25, -0.2) is 0 Å². The van der Waals surface area contributed by atoms with Crippen LogP contribution in [0.2, 0.25) is 0 Å². The number of aromatic nitrogens is 1. The number of rotatable bonds is 7. The summed E-state index contributed by atoms with van der Waals surface area (Å²) in [4.78, 5) is 11.5. The molecule has 0 spiro atoms. The lowest BCUT2D eigenvalue weighted by molar-refractivity contribution is -0.121. The van der Waals surface area contributed by atoms with Gasteiger partial charge in [-0.15, -0.1) is 0 Å². The fourth-order valence-corrected chi connectivity index (χ4v) is 1.42. The molecule has 0 aliphatic heterocycles. The Balaban J connectivity index is 2.09. The van der Waals surface area contributed by atoms with Crippen molar-refractivity contribution in [3.63, 3.8) is 0 Å². The number of aryl methyl sites for hydroxylation is 1. The van der Waals surface area contributed by atoms with Gasteiger partial charge in [-0.05, 0) is 19.9 Å². The standard InChI is InChI=1S/C12H21N3O2/c1-9(2)13-6-4-5-12(16)14-8-11-7-10(3)17-15-11/h7,9,13H,4-6,8H2,1-3H3,(H,14,16). The average Bonchev–Trinajstić information content (AvgIpc) is 2.67. The number of hydrogen-bond acceptors (Lipinski definition) is 4. The van der Waals surface area contributed by atoms with Crippen molar-refractivity contribution in [2.24, 2.45) is 0 Å². The SMILES string of the molecule is Cc1cc(CNC(=O)CCCNC(C)C)no1. The van der Waals surface area contributed by atoms with Gasteiger partial charge >= 0.3 is 0 Å². The number of carbonyl (C=O) groups excluding carboxylic acids is 1. The zero-order valence-corrected chi connectivity index (χ0v) is 10.7. The molecule has 0 aromatic carbocycles. The Labute approximate surface area is 102 Å². The van der Waals surface area contributed by atoms with Crippen LogP contribution in [0.25, 0.3) is 0 Å². The Bertz CT molecular complexity index is 347. The normalized spacial score (nSPS) is 10.8. The van der Waals surface area contributed by atoms with Crippen LogP contribution in [0.5, 0.6) is 0 Å². The minimum absolute atomic E-state index is 0.0520. The summed E-state index contributed by atoms with van der Waals surface area (Å²) in [6.07, 6.45) is 1.39. The summed E-state index contributed by atoms with van der Waals surface area (Å²) < 4.78 is 4.91. The molecule has 1 amide bonds.